The first-order chi connectivity index (χ1) is 15.8. The van der Waals surface area contributed by atoms with Gasteiger partial charge in [-0.2, -0.15) is 0 Å². The summed E-state index contributed by atoms with van der Waals surface area (Å²) in [6.07, 6.45) is 3.33. The van der Waals surface area contributed by atoms with Crippen LogP contribution in [-0.2, 0) is 14.8 Å². The Morgan fingerprint density at radius 1 is 1.21 bits per heavy atom. The first kappa shape index (κ1) is 24.9. The predicted octanol–water partition coefficient (Wildman–Crippen LogP) is 4.29. The molecule has 33 heavy (non-hydrogen) atoms. The molecule has 1 amide bonds. The van der Waals surface area contributed by atoms with Crippen molar-refractivity contribution < 1.29 is 22.7 Å². The highest BCUT2D eigenvalue weighted by atomic mass is 32.2. The molecule has 2 aromatic rings. The van der Waals surface area contributed by atoms with Gasteiger partial charge in [0, 0.05) is 6.54 Å². The van der Waals surface area contributed by atoms with Gasteiger partial charge in [-0.25, -0.2) is 8.42 Å². The standard InChI is InChI=1S/C25H34N2O5S/c1-5-7-8-19(6-2)16-26-25(28)24-17-27(22-14-9-18(3)15-23(22)32-24)33(29,30)21-12-10-20(31-4)11-13-21/h9-15,19,24H,5-8,16-17H2,1-4H3,(H,26,28)/t19-,24+/m0/s1. The maximum Gasteiger partial charge on any atom is 0.264 e. The molecule has 1 N–H and O–H groups in total. The lowest BCUT2D eigenvalue weighted by Gasteiger charge is -2.35. The van der Waals surface area contributed by atoms with Crippen molar-refractivity contribution in [2.24, 2.45) is 5.92 Å². The zero-order valence-electron chi connectivity index (χ0n) is 19.8. The van der Waals surface area contributed by atoms with E-state index in [2.05, 4.69) is 19.2 Å². The lowest BCUT2D eigenvalue weighted by Crippen LogP contribution is -2.51. The van der Waals surface area contributed by atoms with E-state index in [1.807, 2.05) is 13.0 Å². The molecule has 0 fully saturated rings. The van der Waals surface area contributed by atoms with Crippen LogP contribution in [0.5, 0.6) is 11.5 Å². The second-order valence-corrected chi connectivity index (χ2v) is 10.3. The molecule has 2 aromatic carbocycles. The fourth-order valence-corrected chi connectivity index (χ4v) is 5.38. The summed E-state index contributed by atoms with van der Waals surface area (Å²) in [6.45, 7) is 6.63. The second-order valence-electron chi connectivity index (χ2n) is 8.45. The molecular weight excluding hydrogens is 440 g/mol. The summed E-state index contributed by atoms with van der Waals surface area (Å²) in [4.78, 5) is 13.1. The van der Waals surface area contributed by atoms with Crippen molar-refractivity contribution in [1.82, 2.24) is 5.32 Å². The average molecular weight is 475 g/mol. The van der Waals surface area contributed by atoms with E-state index in [-0.39, 0.29) is 17.3 Å². The first-order valence-corrected chi connectivity index (χ1v) is 13.0. The number of ether oxygens (including phenoxy) is 2. The molecule has 7 nitrogen and oxygen atoms in total. The van der Waals surface area contributed by atoms with Crippen LogP contribution < -0.4 is 19.1 Å². The van der Waals surface area contributed by atoms with E-state index in [1.165, 1.54) is 23.5 Å². The Bertz CT molecular complexity index is 1050. The molecule has 1 aliphatic heterocycles. The number of amides is 1. The van der Waals surface area contributed by atoms with Crippen molar-refractivity contribution in [3.63, 3.8) is 0 Å². The van der Waals surface area contributed by atoms with E-state index in [0.717, 1.165) is 31.2 Å². The fourth-order valence-electron chi connectivity index (χ4n) is 3.90. The number of methoxy groups -OCH3 is 1. The van der Waals surface area contributed by atoms with Gasteiger partial charge in [-0.3, -0.25) is 9.10 Å². The number of nitrogens with zero attached hydrogens (tertiary/aromatic N) is 1. The number of hydrogen-bond donors (Lipinski definition) is 1. The zero-order chi connectivity index (χ0) is 24.0. The molecule has 0 bridgehead atoms. The third kappa shape index (κ3) is 5.79. The first-order valence-electron chi connectivity index (χ1n) is 11.5. The third-order valence-corrected chi connectivity index (χ3v) is 7.83. The minimum atomic E-state index is -3.91. The van der Waals surface area contributed by atoms with Gasteiger partial charge in [0.05, 0.1) is 24.2 Å². The Hall–Kier alpha value is -2.74. The number of benzene rings is 2. The highest BCUT2D eigenvalue weighted by molar-refractivity contribution is 7.92. The van der Waals surface area contributed by atoms with Crippen LogP contribution in [0.2, 0.25) is 0 Å². The van der Waals surface area contributed by atoms with Gasteiger partial charge in [-0.15, -0.1) is 0 Å². The SMILES string of the molecule is CCCC[C@H](CC)CNC(=O)[C@H]1CN(S(=O)(=O)c2ccc(OC)cc2)c2ccc(C)cc2O1. The smallest absolute Gasteiger partial charge is 0.264 e. The van der Waals surface area contributed by atoms with E-state index in [9.17, 15) is 13.2 Å². The van der Waals surface area contributed by atoms with E-state index >= 15 is 0 Å². The molecular formula is C25H34N2O5S. The number of carbonyl (C=O) groups excluding carboxylic acids is 1. The normalized spacial score (nSPS) is 16.5. The number of aryl methyl sites for hydroxylation is 1. The second kappa shape index (κ2) is 10.9. The summed E-state index contributed by atoms with van der Waals surface area (Å²) >= 11 is 0. The van der Waals surface area contributed by atoms with E-state index in [1.54, 1.807) is 24.3 Å². The van der Waals surface area contributed by atoms with Crippen molar-refractivity contribution >= 4 is 21.6 Å². The Kier molecular flexibility index (Phi) is 8.24. The number of unbranched alkanes of at least 4 members (excludes halogenated alkanes) is 1. The topological polar surface area (TPSA) is 84.9 Å². The molecule has 0 unspecified atom stereocenters. The van der Waals surface area contributed by atoms with Crippen molar-refractivity contribution in [2.75, 3.05) is 24.5 Å². The van der Waals surface area contributed by atoms with Crippen LogP contribution in [0.1, 0.15) is 45.1 Å². The molecule has 0 spiro atoms. The average Bonchev–Trinajstić information content (AvgIpc) is 2.83. The van der Waals surface area contributed by atoms with Gasteiger partial charge in [0.15, 0.2) is 6.10 Å². The molecule has 1 heterocycles. The fraction of sp³-hybridized carbons (Fsp3) is 0.480. The van der Waals surface area contributed by atoms with Crippen LogP contribution in [0.25, 0.3) is 0 Å². The summed E-state index contributed by atoms with van der Waals surface area (Å²) in [7, 11) is -2.38. The summed E-state index contributed by atoms with van der Waals surface area (Å²) in [6, 6.07) is 11.5. The molecule has 180 valence electrons. The van der Waals surface area contributed by atoms with Crippen LogP contribution in [-0.4, -0.2) is 40.6 Å². The van der Waals surface area contributed by atoms with Gasteiger partial charge >= 0.3 is 0 Å². The van der Waals surface area contributed by atoms with Gasteiger partial charge in [-0.1, -0.05) is 39.2 Å². The Morgan fingerprint density at radius 3 is 2.58 bits per heavy atom. The highest BCUT2D eigenvalue weighted by Crippen LogP contribution is 2.38. The lowest BCUT2D eigenvalue weighted by atomic mass is 9.99. The molecule has 0 saturated heterocycles. The maximum absolute atomic E-state index is 13.5. The summed E-state index contributed by atoms with van der Waals surface area (Å²) in [5.41, 5.74) is 1.34. The van der Waals surface area contributed by atoms with Crippen LogP contribution >= 0.6 is 0 Å². The molecule has 0 aromatic heterocycles. The molecule has 3 rings (SSSR count). The Balaban J connectivity index is 1.85. The largest absolute Gasteiger partial charge is 0.497 e. The maximum atomic E-state index is 13.5. The molecule has 1 aliphatic rings. The Morgan fingerprint density at radius 2 is 1.94 bits per heavy atom. The third-order valence-electron chi connectivity index (χ3n) is 6.03. The number of fused-ring (bicyclic) bond motifs is 1. The van der Waals surface area contributed by atoms with E-state index in [4.69, 9.17) is 9.47 Å². The van der Waals surface area contributed by atoms with Gasteiger partial charge in [0.25, 0.3) is 15.9 Å². The molecule has 2 atom stereocenters. The van der Waals surface area contributed by atoms with Gasteiger partial charge in [0.1, 0.15) is 11.5 Å². The quantitative estimate of drug-likeness (QED) is 0.555. The van der Waals surface area contributed by atoms with Crippen molar-refractivity contribution in [1.29, 1.82) is 0 Å². The van der Waals surface area contributed by atoms with Crippen molar-refractivity contribution in [3.8, 4) is 11.5 Å². The molecule has 8 heteroatoms. The Labute approximate surface area is 197 Å². The minimum Gasteiger partial charge on any atom is -0.497 e. The molecule has 0 saturated carbocycles. The van der Waals surface area contributed by atoms with Crippen LogP contribution in [0.15, 0.2) is 47.4 Å². The number of rotatable bonds is 10. The monoisotopic (exact) mass is 474 g/mol. The molecule has 0 radical (unpaired) electrons. The number of sulfonamides is 1. The minimum absolute atomic E-state index is 0.0952. The van der Waals surface area contributed by atoms with Gasteiger partial charge < -0.3 is 14.8 Å². The summed E-state index contributed by atoms with van der Waals surface area (Å²) in [5.74, 6) is 1.05. The highest BCUT2D eigenvalue weighted by Gasteiger charge is 2.37. The van der Waals surface area contributed by atoms with Crippen molar-refractivity contribution in [3.05, 3.63) is 48.0 Å². The predicted molar refractivity (Wildman–Crippen MR) is 129 cm³/mol. The van der Waals surface area contributed by atoms with Crippen LogP contribution in [0.4, 0.5) is 5.69 Å². The van der Waals surface area contributed by atoms with E-state index in [0.29, 0.717) is 29.6 Å². The molecule has 0 aliphatic carbocycles. The van der Waals surface area contributed by atoms with E-state index < -0.39 is 16.1 Å². The van der Waals surface area contributed by atoms with Crippen LogP contribution in [0.3, 0.4) is 0 Å². The lowest BCUT2D eigenvalue weighted by molar-refractivity contribution is -0.127. The summed E-state index contributed by atoms with van der Waals surface area (Å²) < 4.78 is 39.5. The zero-order valence-corrected chi connectivity index (χ0v) is 20.7. The number of nitrogens with one attached hydrogen (secondary N) is 1. The van der Waals surface area contributed by atoms with Crippen molar-refractivity contribution in [2.45, 2.75) is 57.5 Å². The van der Waals surface area contributed by atoms with Crippen LogP contribution in [0, 0.1) is 12.8 Å². The number of carbonyl (C=O) groups is 1. The summed E-state index contributed by atoms with van der Waals surface area (Å²) in [5, 5.41) is 2.98. The van der Waals surface area contributed by atoms with Gasteiger partial charge in [0.2, 0.25) is 0 Å². The number of hydrogen-bond acceptors (Lipinski definition) is 5. The van der Waals surface area contributed by atoms with Gasteiger partial charge in [-0.05, 0) is 61.2 Å². The number of anilines is 1.